The highest BCUT2D eigenvalue weighted by Gasteiger charge is 2.28. The molecule has 0 bridgehead atoms. The smallest absolute Gasteiger partial charge is 0.293 e. The molecule has 0 radical (unpaired) electrons. The Morgan fingerprint density at radius 3 is 2.38 bits per heavy atom. The second kappa shape index (κ2) is 11.5. The van der Waals surface area contributed by atoms with Gasteiger partial charge < -0.3 is 20.4 Å². The van der Waals surface area contributed by atoms with Gasteiger partial charge in [-0.3, -0.25) is 9.59 Å². The predicted molar refractivity (Wildman–Crippen MR) is 143 cm³/mol. The fraction of sp³-hybridized carbons (Fsp3) is 0.231. The van der Waals surface area contributed by atoms with Gasteiger partial charge in [-0.25, -0.2) is 22.5 Å². The third-order valence-electron chi connectivity index (χ3n) is 5.95. The number of nitrogens with one attached hydrogen (secondary N) is 2. The topological polar surface area (TPSA) is 101 Å². The van der Waals surface area contributed by atoms with Crippen LogP contribution >= 0.6 is 11.6 Å². The summed E-state index contributed by atoms with van der Waals surface area (Å²) in [6.07, 6.45) is 1.48. The van der Waals surface area contributed by atoms with Gasteiger partial charge in [0, 0.05) is 46.5 Å². The van der Waals surface area contributed by atoms with Crippen LogP contribution in [-0.4, -0.2) is 59.8 Å². The Labute approximate surface area is 230 Å². The highest BCUT2D eigenvalue weighted by Crippen LogP contribution is 2.31. The molecule has 2 aromatic heterocycles. The first-order chi connectivity index (χ1) is 18.9. The first kappa shape index (κ1) is 28.8. The lowest BCUT2D eigenvalue weighted by Gasteiger charge is -2.14. The van der Waals surface area contributed by atoms with Crippen LogP contribution in [0.5, 0.6) is 0 Å². The zero-order valence-corrected chi connectivity index (χ0v) is 22.5. The first-order valence-electron chi connectivity index (χ1n) is 11.7. The molecule has 1 amide bonds. The largest absolute Gasteiger partial charge is 0.412 e. The average molecular weight is 579 g/mol. The van der Waals surface area contributed by atoms with Gasteiger partial charge in [-0.1, -0.05) is 11.6 Å². The molecule has 210 valence electrons. The maximum Gasteiger partial charge on any atom is 0.293 e. The van der Waals surface area contributed by atoms with Crippen molar-refractivity contribution < 1.29 is 27.2 Å². The van der Waals surface area contributed by atoms with E-state index in [2.05, 4.69) is 20.6 Å². The van der Waals surface area contributed by atoms with Crippen molar-refractivity contribution in [3.8, 4) is 11.1 Å². The Bertz CT molecular complexity index is 1670. The molecule has 0 aliphatic rings. The Morgan fingerprint density at radius 2 is 1.75 bits per heavy atom. The molecule has 4 aromatic rings. The van der Waals surface area contributed by atoms with Crippen molar-refractivity contribution in [3.05, 3.63) is 80.2 Å². The number of hydrogen-bond acceptors (Lipinski definition) is 7. The standard InChI is InChI=1S/C26H23ClF4N6O3/c1-12-19(28)21(30)18(22(31)20(12)29)24(38)34-14-5-6-17(27)15(10-14)16-9-13-11-33-26(32-7-8-36(2)3)35-23(13)37(40-4)25(16)39/h5-6,9-11H,7-8H2,1-4H3,(H,34,38)(H,32,33,35). The van der Waals surface area contributed by atoms with Gasteiger partial charge in [-0.15, -0.1) is 4.73 Å². The molecule has 2 N–H and O–H groups in total. The van der Waals surface area contributed by atoms with Gasteiger partial charge in [0.1, 0.15) is 12.7 Å². The molecule has 0 fully saturated rings. The SMILES string of the molecule is COn1c(=O)c(-c2cc(NC(=O)c3c(F)c(F)c(C)c(F)c3F)ccc2Cl)cc2cnc(NCCN(C)C)nc21. The van der Waals surface area contributed by atoms with Gasteiger partial charge >= 0.3 is 0 Å². The Morgan fingerprint density at radius 1 is 1.07 bits per heavy atom. The molecule has 9 nitrogen and oxygen atoms in total. The van der Waals surface area contributed by atoms with Gasteiger partial charge in [-0.2, -0.15) is 4.98 Å². The van der Waals surface area contributed by atoms with Crippen molar-refractivity contribution in [2.24, 2.45) is 0 Å². The van der Waals surface area contributed by atoms with Crippen molar-refractivity contribution in [2.75, 3.05) is 44.9 Å². The number of rotatable bonds is 8. The van der Waals surface area contributed by atoms with E-state index in [0.717, 1.165) is 18.2 Å². The summed E-state index contributed by atoms with van der Waals surface area (Å²) in [5, 5.41) is 5.74. The minimum Gasteiger partial charge on any atom is -0.412 e. The number of aromatic nitrogens is 3. The number of pyridine rings is 1. The molecule has 40 heavy (non-hydrogen) atoms. The summed E-state index contributed by atoms with van der Waals surface area (Å²) in [6, 6.07) is 5.33. The van der Waals surface area contributed by atoms with Crippen LogP contribution in [0, 0.1) is 30.2 Å². The molecule has 0 aliphatic heterocycles. The molecular weight excluding hydrogens is 556 g/mol. The second-order valence-electron chi connectivity index (χ2n) is 8.95. The van der Waals surface area contributed by atoms with Crippen LogP contribution in [0.25, 0.3) is 22.2 Å². The number of hydrogen-bond donors (Lipinski definition) is 2. The third kappa shape index (κ3) is 5.42. The number of likely N-dealkylation sites (N-methyl/N-ethyl adjacent to an activating group) is 1. The van der Waals surface area contributed by atoms with Crippen LogP contribution < -0.4 is 21.0 Å². The zero-order chi connectivity index (χ0) is 29.3. The number of fused-ring (bicyclic) bond motifs is 1. The third-order valence-corrected chi connectivity index (χ3v) is 6.28. The molecule has 14 heteroatoms. The Kier molecular flexibility index (Phi) is 8.26. The summed E-state index contributed by atoms with van der Waals surface area (Å²) in [5.74, 6) is -8.21. The van der Waals surface area contributed by atoms with Crippen molar-refractivity contribution in [1.82, 2.24) is 19.6 Å². The lowest BCUT2D eigenvalue weighted by atomic mass is 10.0. The normalized spacial score (nSPS) is 11.2. The fourth-order valence-corrected chi connectivity index (χ4v) is 4.07. The van der Waals surface area contributed by atoms with E-state index in [1.807, 2.05) is 19.0 Å². The summed E-state index contributed by atoms with van der Waals surface area (Å²) >= 11 is 6.35. The van der Waals surface area contributed by atoms with E-state index >= 15 is 0 Å². The predicted octanol–water partition coefficient (Wildman–Crippen LogP) is 4.26. The summed E-state index contributed by atoms with van der Waals surface area (Å²) in [5.41, 5.74) is -2.73. The molecule has 0 spiro atoms. The average Bonchev–Trinajstić information content (AvgIpc) is 2.91. The minimum atomic E-state index is -1.84. The van der Waals surface area contributed by atoms with Gasteiger partial charge in [0.25, 0.3) is 11.5 Å². The van der Waals surface area contributed by atoms with E-state index in [0.29, 0.717) is 11.9 Å². The van der Waals surface area contributed by atoms with E-state index in [4.69, 9.17) is 16.4 Å². The highest BCUT2D eigenvalue weighted by molar-refractivity contribution is 6.33. The molecular formula is C26H23ClF4N6O3. The quantitative estimate of drug-likeness (QED) is 0.238. The van der Waals surface area contributed by atoms with Gasteiger partial charge in [-0.05, 0) is 45.3 Å². The molecule has 2 aromatic carbocycles. The fourth-order valence-electron chi connectivity index (χ4n) is 3.85. The zero-order valence-electron chi connectivity index (χ0n) is 21.7. The van der Waals surface area contributed by atoms with E-state index in [1.165, 1.54) is 37.6 Å². The maximum absolute atomic E-state index is 14.3. The van der Waals surface area contributed by atoms with E-state index in [9.17, 15) is 27.2 Å². The number of benzene rings is 2. The minimum absolute atomic E-state index is 0.0251. The maximum atomic E-state index is 14.3. The number of anilines is 2. The van der Waals surface area contributed by atoms with Crippen molar-refractivity contribution in [3.63, 3.8) is 0 Å². The van der Waals surface area contributed by atoms with Gasteiger partial charge in [0.2, 0.25) is 5.95 Å². The lowest BCUT2D eigenvalue weighted by Crippen LogP contribution is -2.28. The van der Waals surface area contributed by atoms with Crippen molar-refractivity contribution in [2.45, 2.75) is 6.92 Å². The van der Waals surface area contributed by atoms with E-state index in [1.54, 1.807) is 0 Å². The van der Waals surface area contributed by atoms with Crippen molar-refractivity contribution in [1.29, 1.82) is 0 Å². The van der Waals surface area contributed by atoms with Gasteiger partial charge in [0.15, 0.2) is 28.9 Å². The van der Waals surface area contributed by atoms with Gasteiger partial charge in [0.05, 0.1) is 5.56 Å². The van der Waals surface area contributed by atoms with Crippen molar-refractivity contribution >= 4 is 40.2 Å². The van der Waals surface area contributed by atoms with E-state index < -0.39 is 45.9 Å². The van der Waals surface area contributed by atoms with Crippen LogP contribution in [0.15, 0.2) is 35.3 Å². The molecule has 0 atom stereocenters. The molecule has 2 heterocycles. The second-order valence-corrected chi connectivity index (χ2v) is 9.35. The molecule has 0 unspecified atom stereocenters. The summed E-state index contributed by atoms with van der Waals surface area (Å²) < 4.78 is 57.6. The number of carbonyl (C=O) groups excluding carboxylic acids is 1. The number of halogens is 5. The Hall–Kier alpha value is -4.23. The highest BCUT2D eigenvalue weighted by atomic mass is 35.5. The van der Waals surface area contributed by atoms with Crippen LogP contribution in [0.3, 0.4) is 0 Å². The van der Waals surface area contributed by atoms with Crippen LogP contribution in [0.2, 0.25) is 5.02 Å². The Balaban J connectivity index is 1.73. The van der Waals surface area contributed by atoms with Crippen LogP contribution in [0.4, 0.5) is 29.2 Å². The molecule has 0 saturated carbocycles. The molecule has 0 saturated heterocycles. The monoisotopic (exact) mass is 578 g/mol. The number of amides is 1. The number of carbonyl (C=O) groups is 1. The lowest BCUT2D eigenvalue weighted by molar-refractivity contribution is 0.101. The molecule has 0 aliphatic carbocycles. The summed E-state index contributed by atoms with van der Waals surface area (Å²) in [7, 11) is 5.10. The number of nitrogens with zero attached hydrogens (tertiary/aromatic N) is 4. The molecule has 4 rings (SSSR count). The summed E-state index contributed by atoms with van der Waals surface area (Å²) in [6.45, 7) is 2.11. The first-order valence-corrected chi connectivity index (χ1v) is 12.1. The van der Waals surface area contributed by atoms with Crippen LogP contribution in [0.1, 0.15) is 15.9 Å². The van der Waals surface area contributed by atoms with E-state index in [-0.39, 0.29) is 33.4 Å². The van der Waals surface area contributed by atoms with Crippen LogP contribution in [-0.2, 0) is 0 Å². The summed E-state index contributed by atoms with van der Waals surface area (Å²) in [4.78, 5) is 41.8.